The van der Waals surface area contributed by atoms with Gasteiger partial charge in [0.1, 0.15) is 0 Å². The normalized spacial score (nSPS) is 10.3. The Bertz CT molecular complexity index is 657. The lowest BCUT2D eigenvalue weighted by Gasteiger charge is -2.08. The van der Waals surface area contributed by atoms with Crippen LogP contribution in [0.15, 0.2) is 41.0 Å². The van der Waals surface area contributed by atoms with E-state index in [1.807, 2.05) is 0 Å². The average molecular weight is 341 g/mol. The lowest BCUT2D eigenvalue weighted by atomic mass is 10.2. The molecule has 5 nitrogen and oxygen atoms in total. The molecule has 0 aliphatic heterocycles. The first-order valence-corrected chi connectivity index (χ1v) is 7.39. The molecular formula is C15H14Cl2N2O3. The van der Waals surface area contributed by atoms with E-state index in [0.717, 1.165) is 0 Å². The van der Waals surface area contributed by atoms with E-state index in [1.165, 1.54) is 6.26 Å². The monoisotopic (exact) mass is 340 g/mol. The molecule has 2 amide bonds. The number of carbonyl (C=O) groups excluding carboxylic acids is 2. The van der Waals surface area contributed by atoms with Crippen molar-refractivity contribution in [3.05, 3.63) is 52.4 Å². The minimum Gasteiger partial charge on any atom is -0.459 e. The SMILES string of the molecule is O=C(CCCNC(=O)c1ccco1)Nc1cccc(Cl)c1Cl. The van der Waals surface area contributed by atoms with E-state index in [4.69, 9.17) is 27.6 Å². The number of hydrogen-bond acceptors (Lipinski definition) is 3. The van der Waals surface area contributed by atoms with Crippen molar-refractivity contribution in [2.24, 2.45) is 0 Å². The van der Waals surface area contributed by atoms with Gasteiger partial charge in [-0.25, -0.2) is 0 Å². The number of halogens is 2. The van der Waals surface area contributed by atoms with E-state index in [-0.39, 0.29) is 24.0 Å². The maximum Gasteiger partial charge on any atom is 0.286 e. The molecule has 0 fully saturated rings. The highest BCUT2D eigenvalue weighted by molar-refractivity contribution is 6.43. The summed E-state index contributed by atoms with van der Waals surface area (Å²) < 4.78 is 4.96. The van der Waals surface area contributed by atoms with E-state index in [9.17, 15) is 9.59 Å². The van der Waals surface area contributed by atoms with Gasteiger partial charge in [-0.15, -0.1) is 0 Å². The average Bonchev–Trinajstić information content (AvgIpc) is 3.02. The second kappa shape index (κ2) is 7.87. The molecule has 2 N–H and O–H groups in total. The third-order valence-electron chi connectivity index (χ3n) is 2.84. The largest absolute Gasteiger partial charge is 0.459 e. The van der Waals surface area contributed by atoms with Crippen LogP contribution in [0.25, 0.3) is 0 Å². The van der Waals surface area contributed by atoms with Crippen molar-refractivity contribution in [1.82, 2.24) is 5.32 Å². The van der Waals surface area contributed by atoms with Gasteiger partial charge < -0.3 is 15.1 Å². The smallest absolute Gasteiger partial charge is 0.286 e. The molecule has 1 heterocycles. The number of hydrogen-bond donors (Lipinski definition) is 2. The number of amides is 2. The topological polar surface area (TPSA) is 71.3 Å². The minimum atomic E-state index is -0.303. The van der Waals surface area contributed by atoms with Crippen molar-refractivity contribution in [3.63, 3.8) is 0 Å². The summed E-state index contributed by atoms with van der Waals surface area (Å²) in [5.74, 6) is -0.255. The molecule has 0 aliphatic carbocycles. The first-order valence-electron chi connectivity index (χ1n) is 6.63. The van der Waals surface area contributed by atoms with Gasteiger partial charge in [0.25, 0.3) is 5.91 Å². The Morgan fingerprint density at radius 1 is 1.14 bits per heavy atom. The van der Waals surface area contributed by atoms with Crippen LogP contribution in [-0.2, 0) is 4.79 Å². The summed E-state index contributed by atoms with van der Waals surface area (Å²) in [7, 11) is 0. The summed E-state index contributed by atoms with van der Waals surface area (Å²) in [4.78, 5) is 23.4. The van der Waals surface area contributed by atoms with Crippen LogP contribution in [0.4, 0.5) is 5.69 Å². The number of nitrogens with one attached hydrogen (secondary N) is 2. The molecule has 0 spiro atoms. The van der Waals surface area contributed by atoms with E-state index < -0.39 is 0 Å². The number of benzene rings is 1. The van der Waals surface area contributed by atoms with Crippen molar-refractivity contribution < 1.29 is 14.0 Å². The standard InChI is InChI=1S/C15H14Cl2N2O3/c16-10-4-1-5-11(14(10)17)19-13(20)7-2-8-18-15(21)12-6-3-9-22-12/h1,3-6,9H,2,7-8H2,(H,18,21)(H,19,20). The van der Waals surface area contributed by atoms with Crippen molar-refractivity contribution >= 4 is 40.7 Å². The Morgan fingerprint density at radius 3 is 2.68 bits per heavy atom. The molecule has 0 saturated carbocycles. The highest BCUT2D eigenvalue weighted by Crippen LogP contribution is 2.29. The Hall–Kier alpha value is -1.98. The Balaban J connectivity index is 1.72. The zero-order valence-electron chi connectivity index (χ0n) is 11.6. The fourth-order valence-corrected chi connectivity index (χ4v) is 2.11. The van der Waals surface area contributed by atoms with Crippen LogP contribution < -0.4 is 10.6 Å². The van der Waals surface area contributed by atoms with E-state index >= 15 is 0 Å². The fraction of sp³-hybridized carbons (Fsp3) is 0.200. The lowest BCUT2D eigenvalue weighted by Crippen LogP contribution is -2.25. The number of anilines is 1. The van der Waals surface area contributed by atoms with Gasteiger partial charge in [-0.1, -0.05) is 29.3 Å². The first-order chi connectivity index (χ1) is 10.6. The molecule has 116 valence electrons. The Morgan fingerprint density at radius 2 is 1.95 bits per heavy atom. The molecule has 0 atom stereocenters. The fourth-order valence-electron chi connectivity index (χ4n) is 1.76. The Kier molecular flexibility index (Phi) is 5.86. The molecule has 1 aromatic carbocycles. The van der Waals surface area contributed by atoms with Crippen molar-refractivity contribution in [2.75, 3.05) is 11.9 Å². The van der Waals surface area contributed by atoms with Gasteiger partial charge in [-0.05, 0) is 30.7 Å². The highest BCUT2D eigenvalue weighted by Gasteiger charge is 2.10. The summed E-state index contributed by atoms with van der Waals surface area (Å²) >= 11 is 11.9. The molecular weight excluding hydrogens is 327 g/mol. The molecule has 0 unspecified atom stereocenters. The molecule has 2 aromatic rings. The van der Waals surface area contributed by atoms with Crippen LogP contribution >= 0.6 is 23.2 Å². The van der Waals surface area contributed by atoms with Gasteiger partial charge >= 0.3 is 0 Å². The van der Waals surface area contributed by atoms with Crippen molar-refractivity contribution in [2.45, 2.75) is 12.8 Å². The number of carbonyl (C=O) groups is 2. The number of furan rings is 1. The molecule has 22 heavy (non-hydrogen) atoms. The van der Waals surface area contributed by atoms with Gasteiger partial charge in [0, 0.05) is 13.0 Å². The van der Waals surface area contributed by atoms with Crippen LogP contribution in [0.2, 0.25) is 10.0 Å². The summed E-state index contributed by atoms with van der Waals surface area (Å²) in [6.07, 6.45) is 2.18. The predicted molar refractivity (Wildman–Crippen MR) is 85.4 cm³/mol. The molecule has 1 aromatic heterocycles. The van der Waals surface area contributed by atoms with Crippen molar-refractivity contribution in [3.8, 4) is 0 Å². The molecule has 0 bridgehead atoms. The molecule has 0 aliphatic rings. The predicted octanol–water partition coefficient (Wildman–Crippen LogP) is 3.74. The minimum absolute atomic E-state index is 0.198. The van der Waals surface area contributed by atoms with Crippen LogP contribution in [0.3, 0.4) is 0 Å². The van der Waals surface area contributed by atoms with Gasteiger partial charge in [-0.2, -0.15) is 0 Å². The first kappa shape index (κ1) is 16.4. The zero-order valence-corrected chi connectivity index (χ0v) is 13.1. The molecule has 0 saturated heterocycles. The third kappa shape index (κ3) is 4.51. The van der Waals surface area contributed by atoms with Gasteiger partial charge in [0.2, 0.25) is 5.91 Å². The Labute approximate surface area is 137 Å². The summed E-state index contributed by atoms with van der Waals surface area (Å²) in [6.45, 7) is 0.371. The van der Waals surface area contributed by atoms with E-state index in [2.05, 4.69) is 10.6 Å². The molecule has 0 radical (unpaired) electrons. The summed E-state index contributed by atoms with van der Waals surface area (Å²) in [5, 5.41) is 6.03. The second-order valence-corrected chi connectivity index (χ2v) is 5.27. The molecule has 2 rings (SSSR count). The van der Waals surface area contributed by atoms with Crippen LogP contribution in [0.5, 0.6) is 0 Å². The second-order valence-electron chi connectivity index (χ2n) is 4.49. The summed E-state index contributed by atoms with van der Waals surface area (Å²) in [6, 6.07) is 8.22. The maximum absolute atomic E-state index is 11.8. The zero-order chi connectivity index (χ0) is 15.9. The van der Waals surface area contributed by atoms with E-state index in [0.29, 0.717) is 28.7 Å². The quantitative estimate of drug-likeness (QED) is 0.787. The number of rotatable bonds is 6. The van der Waals surface area contributed by atoms with Crippen LogP contribution in [0.1, 0.15) is 23.4 Å². The summed E-state index contributed by atoms with van der Waals surface area (Å²) in [5.41, 5.74) is 0.471. The van der Waals surface area contributed by atoms with Crippen LogP contribution in [-0.4, -0.2) is 18.4 Å². The molecule has 7 heteroatoms. The maximum atomic E-state index is 11.8. The lowest BCUT2D eigenvalue weighted by molar-refractivity contribution is -0.116. The van der Waals surface area contributed by atoms with Crippen molar-refractivity contribution in [1.29, 1.82) is 0 Å². The van der Waals surface area contributed by atoms with Gasteiger partial charge in [0.15, 0.2) is 5.76 Å². The van der Waals surface area contributed by atoms with Gasteiger partial charge in [-0.3, -0.25) is 9.59 Å². The van der Waals surface area contributed by atoms with Crippen LogP contribution in [0, 0.1) is 0 Å². The third-order valence-corrected chi connectivity index (χ3v) is 3.66. The van der Waals surface area contributed by atoms with E-state index in [1.54, 1.807) is 30.3 Å². The van der Waals surface area contributed by atoms with Gasteiger partial charge in [0.05, 0.1) is 22.0 Å². The highest BCUT2D eigenvalue weighted by atomic mass is 35.5.